The molecule has 0 amide bonds. The SMILES string of the molecule is CCCCCc1ccc(OC(C)=O)c(OCc2ccccc2)c1C. The van der Waals surface area contributed by atoms with Gasteiger partial charge in [-0.15, -0.1) is 0 Å². The maximum absolute atomic E-state index is 11.4. The lowest BCUT2D eigenvalue weighted by Gasteiger charge is -2.16. The first-order chi connectivity index (χ1) is 11.6. The third kappa shape index (κ3) is 5.12. The molecule has 0 fully saturated rings. The molecule has 0 aliphatic rings. The van der Waals surface area contributed by atoms with Crippen molar-refractivity contribution in [2.45, 2.75) is 53.1 Å². The smallest absolute Gasteiger partial charge is 0.308 e. The average Bonchev–Trinajstić information content (AvgIpc) is 2.57. The van der Waals surface area contributed by atoms with E-state index in [1.807, 2.05) is 49.4 Å². The predicted molar refractivity (Wildman–Crippen MR) is 96.5 cm³/mol. The summed E-state index contributed by atoms with van der Waals surface area (Å²) in [6, 6.07) is 13.9. The molecule has 0 aromatic heterocycles. The third-order valence-corrected chi connectivity index (χ3v) is 4.01. The summed E-state index contributed by atoms with van der Waals surface area (Å²) in [5.41, 5.74) is 3.39. The van der Waals surface area contributed by atoms with Crippen molar-refractivity contribution in [1.82, 2.24) is 0 Å². The van der Waals surface area contributed by atoms with E-state index in [0.717, 1.165) is 24.0 Å². The molecule has 3 nitrogen and oxygen atoms in total. The molecule has 2 aromatic rings. The second-order valence-corrected chi connectivity index (χ2v) is 6.00. The van der Waals surface area contributed by atoms with Gasteiger partial charge in [-0.05, 0) is 42.5 Å². The maximum Gasteiger partial charge on any atom is 0.308 e. The quantitative estimate of drug-likeness (QED) is 0.378. The highest BCUT2D eigenvalue weighted by Gasteiger charge is 2.14. The van der Waals surface area contributed by atoms with Gasteiger partial charge in [-0.2, -0.15) is 0 Å². The van der Waals surface area contributed by atoms with Crippen LogP contribution in [0.2, 0.25) is 0 Å². The van der Waals surface area contributed by atoms with Crippen LogP contribution in [0, 0.1) is 6.92 Å². The summed E-state index contributed by atoms with van der Waals surface area (Å²) >= 11 is 0. The van der Waals surface area contributed by atoms with Crippen molar-refractivity contribution in [2.75, 3.05) is 0 Å². The van der Waals surface area contributed by atoms with Crippen LogP contribution in [-0.2, 0) is 17.8 Å². The highest BCUT2D eigenvalue weighted by Crippen LogP contribution is 2.35. The number of rotatable bonds is 8. The van der Waals surface area contributed by atoms with Crippen LogP contribution in [0.25, 0.3) is 0 Å². The number of unbranched alkanes of at least 4 members (excludes halogenated alkanes) is 2. The summed E-state index contributed by atoms with van der Waals surface area (Å²) in [6.07, 6.45) is 4.58. The van der Waals surface area contributed by atoms with E-state index >= 15 is 0 Å². The van der Waals surface area contributed by atoms with Crippen LogP contribution in [0.4, 0.5) is 0 Å². The van der Waals surface area contributed by atoms with Crippen molar-refractivity contribution < 1.29 is 14.3 Å². The highest BCUT2D eigenvalue weighted by atomic mass is 16.6. The van der Waals surface area contributed by atoms with Gasteiger partial charge in [-0.3, -0.25) is 4.79 Å². The normalized spacial score (nSPS) is 10.5. The molecule has 24 heavy (non-hydrogen) atoms. The Hall–Kier alpha value is -2.29. The summed E-state index contributed by atoms with van der Waals surface area (Å²) in [6.45, 7) is 6.10. The molecule has 0 saturated carbocycles. The fourth-order valence-corrected chi connectivity index (χ4v) is 2.69. The van der Waals surface area contributed by atoms with E-state index in [1.165, 1.54) is 25.3 Å². The van der Waals surface area contributed by atoms with Crippen LogP contribution in [0.5, 0.6) is 11.5 Å². The lowest BCUT2D eigenvalue weighted by Crippen LogP contribution is -2.07. The summed E-state index contributed by atoms with van der Waals surface area (Å²) in [4.78, 5) is 11.4. The Bertz CT molecular complexity index is 662. The van der Waals surface area contributed by atoms with Gasteiger partial charge >= 0.3 is 5.97 Å². The summed E-state index contributed by atoms with van der Waals surface area (Å²) in [5, 5.41) is 0. The fourth-order valence-electron chi connectivity index (χ4n) is 2.69. The van der Waals surface area contributed by atoms with Crippen molar-refractivity contribution in [3.05, 3.63) is 59.2 Å². The lowest BCUT2D eigenvalue weighted by atomic mass is 10.0. The molecule has 0 N–H and O–H groups in total. The predicted octanol–water partition coefficient (Wildman–Crippen LogP) is 5.23. The topological polar surface area (TPSA) is 35.5 Å². The Morgan fingerprint density at radius 2 is 1.79 bits per heavy atom. The van der Waals surface area contributed by atoms with Crippen LogP contribution < -0.4 is 9.47 Å². The average molecular weight is 326 g/mol. The molecule has 0 atom stereocenters. The minimum atomic E-state index is -0.335. The number of aryl methyl sites for hydroxylation is 1. The van der Waals surface area contributed by atoms with Crippen molar-refractivity contribution in [3.8, 4) is 11.5 Å². The molecular formula is C21H26O3. The van der Waals surface area contributed by atoms with Crippen LogP contribution >= 0.6 is 0 Å². The first-order valence-electron chi connectivity index (χ1n) is 8.59. The summed E-state index contributed by atoms with van der Waals surface area (Å²) in [5.74, 6) is 0.830. The largest absolute Gasteiger partial charge is 0.485 e. The fraction of sp³-hybridized carbons (Fsp3) is 0.381. The van der Waals surface area contributed by atoms with Gasteiger partial charge in [0.1, 0.15) is 6.61 Å². The monoisotopic (exact) mass is 326 g/mol. The standard InChI is InChI=1S/C21H26O3/c1-4-5-7-12-19-13-14-20(24-17(3)22)21(16(19)2)23-15-18-10-8-6-9-11-18/h6,8-11,13-14H,4-5,7,12,15H2,1-3H3. The van der Waals surface area contributed by atoms with Gasteiger partial charge in [-0.1, -0.05) is 56.2 Å². The van der Waals surface area contributed by atoms with Crippen molar-refractivity contribution in [1.29, 1.82) is 0 Å². The minimum absolute atomic E-state index is 0.335. The van der Waals surface area contributed by atoms with E-state index in [-0.39, 0.29) is 5.97 Å². The highest BCUT2D eigenvalue weighted by molar-refractivity contribution is 5.71. The zero-order chi connectivity index (χ0) is 17.4. The molecule has 0 unspecified atom stereocenters. The number of carbonyl (C=O) groups excluding carboxylic acids is 1. The van der Waals surface area contributed by atoms with Gasteiger partial charge in [-0.25, -0.2) is 0 Å². The Balaban J connectivity index is 2.22. The zero-order valence-corrected chi connectivity index (χ0v) is 14.8. The Morgan fingerprint density at radius 1 is 1.04 bits per heavy atom. The molecule has 0 aliphatic heterocycles. The third-order valence-electron chi connectivity index (χ3n) is 4.01. The number of hydrogen-bond donors (Lipinski definition) is 0. The van der Waals surface area contributed by atoms with E-state index in [4.69, 9.17) is 9.47 Å². The van der Waals surface area contributed by atoms with Gasteiger partial charge in [0.2, 0.25) is 0 Å². The molecule has 2 rings (SSSR count). The van der Waals surface area contributed by atoms with E-state index < -0.39 is 0 Å². The molecular weight excluding hydrogens is 300 g/mol. The molecule has 0 heterocycles. The zero-order valence-electron chi connectivity index (χ0n) is 14.8. The molecule has 3 heteroatoms. The first kappa shape index (κ1) is 18.1. The van der Waals surface area contributed by atoms with E-state index in [9.17, 15) is 4.79 Å². The van der Waals surface area contributed by atoms with Crippen LogP contribution in [0.3, 0.4) is 0 Å². The van der Waals surface area contributed by atoms with Crippen molar-refractivity contribution in [3.63, 3.8) is 0 Å². The van der Waals surface area contributed by atoms with E-state index in [1.54, 1.807) is 0 Å². The Morgan fingerprint density at radius 3 is 2.46 bits per heavy atom. The first-order valence-corrected chi connectivity index (χ1v) is 8.59. The second-order valence-electron chi connectivity index (χ2n) is 6.00. The maximum atomic E-state index is 11.4. The number of carbonyl (C=O) groups is 1. The molecule has 0 radical (unpaired) electrons. The molecule has 0 spiro atoms. The van der Waals surface area contributed by atoms with E-state index in [0.29, 0.717) is 18.1 Å². The molecule has 0 bridgehead atoms. The Kier molecular flexibility index (Phi) is 6.86. The van der Waals surface area contributed by atoms with Crippen molar-refractivity contribution >= 4 is 5.97 Å². The molecule has 0 saturated heterocycles. The summed E-state index contributed by atoms with van der Waals surface area (Å²) < 4.78 is 11.4. The molecule has 2 aromatic carbocycles. The van der Waals surface area contributed by atoms with Gasteiger partial charge in [0, 0.05) is 6.92 Å². The van der Waals surface area contributed by atoms with Crippen LogP contribution in [0.1, 0.15) is 49.8 Å². The van der Waals surface area contributed by atoms with E-state index in [2.05, 4.69) is 6.92 Å². The van der Waals surface area contributed by atoms with Crippen LogP contribution in [-0.4, -0.2) is 5.97 Å². The number of hydrogen-bond acceptors (Lipinski definition) is 3. The second kappa shape index (κ2) is 9.11. The molecule has 0 aliphatic carbocycles. The van der Waals surface area contributed by atoms with Gasteiger partial charge in [0.15, 0.2) is 11.5 Å². The van der Waals surface area contributed by atoms with Gasteiger partial charge in [0.05, 0.1) is 0 Å². The van der Waals surface area contributed by atoms with Gasteiger partial charge < -0.3 is 9.47 Å². The molecule has 128 valence electrons. The number of esters is 1. The summed E-state index contributed by atoms with van der Waals surface area (Å²) in [7, 11) is 0. The lowest BCUT2D eigenvalue weighted by molar-refractivity contribution is -0.132. The minimum Gasteiger partial charge on any atom is -0.485 e. The Labute approximate surface area is 144 Å². The van der Waals surface area contributed by atoms with Crippen molar-refractivity contribution in [2.24, 2.45) is 0 Å². The van der Waals surface area contributed by atoms with Gasteiger partial charge in [0.25, 0.3) is 0 Å². The van der Waals surface area contributed by atoms with Crippen LogP contribution in [0.15, 0.2) is 42.5 Å². The number of benzene rings is 2. The number of ether oxygens (including phenoxy) is 2.